The van der Waals surface area contributed by atoms with Crippen LogP contribution in [0.5, 0.6) is 11.5 Å². The highest BCUT2D eigenvalue weighted by Gasteiger charge is 2.20. The fourth-order valence-electron chi connectivity index (χ4n) is 2.48. The third-order valence-electron chi connectivity index (χ3n) is 3.44. The van der Waals surface area contributed by atoms with E-state index in [1.54, 1.807) is 0 Å². The molecule has 2 heterocycles. The SMILES string of the molecule is O=C1CCC(CNCc2cccc3c2OCCO3)N1. The number of carbonyl (C=O) groups excluding carboxylic acids is 1. The monoisotopic (exact) mass is 262 g/mol. The van der Waals surface area contributed by atoms with Crippen molar-refractivity contribution in [1.82, 2.24) is 10.6 Å². The molecule has 1 saturated heterocycles. The molecule has 0 bridgehead atoms. The van der Waals surface area contributed by atoms with Crippen molar-refractivity contribution in [3.8, 4) is 11.5 Å². The molecule has 1 fully saturated rings. The molecule has 1 amide bonds. The number of para-hydroxylation sites is 1. The van der Waals surface area contributed by atoms with Gasteiger partial charge in [0.05, 0.1) is 0 Å². The van der Waals surface area contributed by atoms with Gasteiger partial charge >= 0.3 is 0 Å². The lowest BCUT2D eigenvalue weighted by Crippen LogP contribution is -2.35. The van der Waals surface area contributed by atoms with Gasteiger partial charge in [-0.2, -0.15) is 0 Å². The molecule has 0 radical (unpaired) electrons. The predicted molar refractivity (Wildman–Crippen MR) is 70.3 cm³/mol. The number of fused-ring (bicyclic) bond motifs is 1. The Morgan fingerprint density at radius 3 is 3.05 bits per heavy atom. The van der Waals surface area contributed by atoms with Gasteiger partial charge in [0.1, 0.15) is 13.2 Å². The molecule has 5 nitrogen and oxygen atoms in total. The largest absolute Gasteiger partial charge is 0.486 e. The van der Waals surface area contributed by atoms with Gasteiger partial charge < -0.3 is 20.1 Å². The standard InChI is InChI=1S/C14H18N2O3/c17-13-5-4-11(16-13)9-15-8-10-2-1-3-12-14(10)19-7-6-18-12/h1-3,11,15H,4-9H2,(H,16,17). The van der Waals surface area contributed by atoms with Gasteiger partial charge in [-0.25, -0.2) is 0 Å². The van der Waals surface area contributed by atoms with Crippen LogP contribution >= 0.6 is 0 Å². The van der Waals surface area contributed by atoms with Crippen molar-refractivity contribution in [2.45, 2.75) is 25.4 Å². The van der Waals surface area contributed by atoms with Crippen LogP contribution in [-0.2, 0) is 11.3 Å². The van der Waals surface area contributed by atoms with E-state index in [-0.39, 0.29) is 11.9 Å². The Balaban J connectivity index is 1.56. The highest BCUT2D eigenvalue weighted by atomic mass is 16.6. The Kier molecular flexibility index (Phi) is 3.55. The van der Waals surface area contributed by atoms with Crippen LogP contribution in [-0.4, -0.2) is 31.7 Å². The highest BCUT2D eigenvalue weighted by Crippen LogP contribution is 2.33. The molecular weight excluding hydrogens is 244 g/mol. The fraction of sp³-hybridized carbons (Fsp3) is 0.500. The van der Waals surface area contributed by atoms with Crippen molar-refractivity contribution in [2.24, 2.45) is 0 Å². The quantitative estimate of drug-likeness (QED) is 0.843. The van der Waals surface area contributed by atoms with Crippen LogP contribution in [0.1, 0.15) is 18.4 Å². The minimum atomic E-state index is 0.153. The van der Waals surface area contributed by atoms with Crippen LogP contribution in [0.4, 0.5) is 0 Å². The minimum absolute atomic E-state index is 0.153. The van der Waals surface area contributed by atoms with Crippen LogP contribution in [0.25, 0.3) is 0 Å². The Bertz CT molecular complexity index is 476. The second-order valence-electron chi connectivity index (χ2n) is 4.88. The van der Waals surface area contributed by atoms with E-state index < -0.39 is 0 Å². The number of carbonyl (C=O) groups is 1. The molecule has 0 aliphatic carbocycles. The Labute approximate surface area is 112 Å². The summed E-state index contributed by atoms with van der Waals surface area (Å²) in [6, 6.07) is 6.19. The molecule has 1 atom stereocenters. The van der Waals surface area contributed by atoms with E-state index in [4.69, 9.17) is 9.47 Å². The van der Waals surface area contributed by atoms with Crippen molar-refractivity contribution in [1.29, 1.82) is 0 Å². The van der Waals surface area contributed by atoms with Gasteiger partial charge in [-0.15, -0.1) is 0 Å². The molecular formula is C14H18N2O3. The lowest BCUT2D eigenvalue weighted by molar-refractivity contribution is -0.119. The van der Waals surface area contributed by atoms with E-state index in [9.17, 15) is 4.79 Å². The molecule has 0 saturated carbocycles. The molecule has 1 aromatic rings. The maximum absolute atomic E-state index is 11.1. The molecule has 1 unspecified atom stereocenters. The van der Waals surface area contributed by atoms with Crippen LogP contribution in [0.2, 0.25) is 0 Å². The third-order valence-corrected chi connectivity index (χ3v) is 3.44. The molecule has 0 aromatic heterocycles. The molecule has 102 valence electrons. The van der Waals surface area contributed by atoms with Crippen molar-refractivity contribution in [2.75, 3.05) is 19.8 Å². The van der Waals surface area contributed by atoms with Gasteiger partial charge in [-0.1, -0.05) is 12.1 Å². The number of benzene rings is 1. The summed E-state index contributed by atoms with van der Waals surface area (Å²) in [5.74, 6) is 1.82. The summed E-state index contributed by atoms with van der Waals surface area (Å²) >= 11 is 0. The zero-order valence-corrected chi connectivity index (χ0v) is 10.8. The van der Waals surface area contributed by atoms with Crippen LogP contribution in [0.3, 0.4) is 0 Å². The number of ether oxygens (including phenoxy) is 2. The first-order chi connectivity index (χ1) is 9.33. The number of rotatable bonds is 4. The van der Waals surface area contributed by atoms with Crippen LogP contribution in [0.15, 0.2) is 18.2 Å². The highest BCUT2D eigenvalue weighted by molar-refractivity contribution is 5.78. The molecule has 19 heavy (non-hydrogen) atoms. The maximum Gasteiger partial charge on any atom is 0.220 e. The van der Waals surface area contributed by atoms with Crippen molar-refractivity contribution in [3.05, 3.63) is 23.8 Å². The molecule has 2 N–H and O–H groups in total. The summed E-state index contributed by atoms with van der Waals surface area (Å²) in [4.78, 5) is 11.1. The number of amides is 1. The van der Waals surface area contributed by atoms with Gasteiger partial charge in [0.15, 0.2) is 11.5 Å². The predicted octanol–water partition coefficient (Wildman–Crippen LogP) is 0.826. The summed E-state index contributed by atoms with van der Waals surface area (Å²) in [7, 11) is 0. The van der Waals surface area contributed by atoms with Gasteiger partial charge in [-0.05, 0) is 12.5 Å². The van der Waals surface area contributed by atoms with Crippen molar-refractivity contribution < 1.29 is 14.3 Å². The van der Waals surface area contributed by atoms with Crippen LogP contribution < -0.4 is 20.1 Å². The van der Waals surface area contributed by atoms with E-state index in [1.807, 2.05) is 18.2 Å². The molecule has 3 rings (SSSR count). The summed E-state index contributed by atoms with van der Waals surface area (Å²) in [6.45, 7) is 2.72. The Morgan fingerprint density at radius 2 is 2.21 bits per heavy atom. The van der Waals surface area contributed by atoms with E-state index in [1.165, 1.54) is 0 Å². The zero-order chi connectivity index (χ0) is 13.1. The Hall–Kier alpha value is -1.75. The average Bonchev–Trinajstić information content (AvgIpc) is 2.85. The first-order valence-electron chi connectivity index (χ1n) is 6.70. The van der Waals surface area contributed by atoms with Crippen LogP contribution in [0, 0.1) is 0 Å². The maximum atomic E-state index is 11.1. The second-order valence-corrected chi connectivity index (χ2v) is 4.88. The van der Waals surface area contributed by atoms with Gasteiger partial charge in [0.25, 0.3) is 0 Å². The number of hydrogen-bond donors (Lipinski definition) is 2. The van der Waals surface area contributed by atoms with E-state index in [0.717, 1.165) is 36.6 Å². The first-order valence-corrected chi connectivity index (χ1v) is 6.70. The smallest absolute Gasteiger partial charge is 0.220 e. The summed E-state index contributed by atoms with van der Waals surface area (Å²) in [5, 5.41) is 6.31. The molecule has 5 heteroatoms. The third kappa shape index (κ3) is 2.81. The lowest BCUT2D eigenvalue weighted by atomic mass is 10.1. The molecule has 0 spiro atoms. The van der Waals surface area contributed by atoms with Gasteiger partial charge in [0.2, 0.25) is 5.91 Å². The fourth-order valence-corrected chi connectivity index (χ4v) is 2.48. The number of hydrogen-bond acceptors (Lipinski definition) is 4. The molecule has 1 aromatic carbocycles. The lowest BCUT2D eigenvalue weighted by Gasteiger charge is -2.21. The van der Waals surface area contributed by atoms with Crippen molar-refractivity contribution >= 4 is 5.91 Å². The van der Waals surface area contributed by atoms with E-state index in [2.05, 4.69) is 10.6 Å². The molecule has 2 aliphatic heterocycles. The second kappa shape index (κ2) is 5.48. The Morgan fingerprint density at radius 1 is 1.32 bits per heavy atom. The summed E-state index contributed by atoms with van der Waals surface area (Å²) in [6.07, 6.45) is 1.56. The summed E-state index contributed by atoms with van der Waals surface area (Å²) in [5.41, 5.74) is 1.10. The van der Waals surface area contributed by atoms with E-state index >= 15 is 0 Å². The van der Waals surface area contributed by atoms with Crippen molar-refractivity contribution in [3.63, 3.8) is 0 Å². The topological polar surface area (TPSA) is 59.6 Å². The minimum Gasteiger partial charge on any atom is -0.486 e. The number of nitrogens with one attached hydrogen (secondary N) is 2. The normalized spacial score (nSPS) is 21.3. The van der Waals surface area contributed by atoms with Gasteiger partial charge in [-0.3, -0.25) is 4.79 Å². The van der Waals surface area contributed by atoms with Gasteiger partial charge in [0, 0.05) is 31.1 Å². The molecule has 2 aliphatic rings. The summed E-state index contributed by atoms with van der Waals surface area (Å²) < 4.78 is 11.2. The first kappa shape index (κ1) is 12.3. The average molecular weight is 262 g/mol. The zero-order valence-electron chi connectivity index (χ0n) is 10.8. The van der Waals surface area contributed by atoms with E-state index in [0.29, 0.717) is 19.6 Å².